The van der Waals surface area contributed by atoms with E-state index in [-0.39, 0.29) is 17.8 Å². The minimum Gasteiger partial charge on any atom is -0.389 e. The van der Waals surface area contributed by atoms with Crippen LogP contribution in [-0.2, 0) is 9.47 Å². The second-order valence-corrected chi connectivity index (χ2v) is 6.08. The van der Waals surface area contributed by atoms with Crippen LogP contribution in [-0.4, -0.2) is 41.7 Å². The first-order valence-electron chi connectivity index (χ1n) is 5.73. The Bertz CT molecular complexity index is 171. The van der Waals surface area contributed by atoms with Gasteiger partial charge in [0.2, 0.25) is 0 Å². The molecule has 0 saturated carbocycles. The Hall–Kier alpha value is -0.160. The number of rotatable bonds is 5. The second kappa shape index (κ2) is 5.96. The summed E-state index contributed by atoms with van der Waals surface area (Å²) in [6.45, 7) is 12.3. The van der Waals surface area contributed by atoms with Crippen LogP contribution in [0.1, 0.15) is 41.5 Å². The third-order valence-corrected chi connectivity index (χ3v) is 1.89. The summed E-state index contributed by atoms with van der Waals surface area (Å²) in [6, 6.07) is -0.415. The SMILES string of the molecule is CC(C)(C)OC[C@@H](N)[C@@H](O)COC(C)(C)C. The van der Waals surface area contributed by atoms with Crippen molar-refractivity contribution < 1.29 is 14.6 Å². The molecule has 0 aromatic heterocycles. The van der Waals surface area contributed by atoms with Crippen LogP contribution >= 0.6 is 0 Å². The predicted octanol–water partition coefficient (Wildman–Crippen LogP) is 1.30. The van der Waals surface area contributed by atoms with E-state index in [1.807, 2.05) is 41.5 Å². The highest BCUT2D eigenvalue weighted by atomic mass is 16.5. The average molecular weight is 233 g/mol. The molecule has 4 nitrogen and oxygen atoms in total. The van der Waals surface area contributed by atoms with Crippen LogP contribution in [0.3, 0.4) is 0 Å². The van der Waals surface area contributed by atoms with Gasteiger partial charge in [-0.2, -0.15) is 0 Å². The summed E-state index contributed by atoms with van der Waals surface area (Å²) in [4.78, 5) is 0. The predicted molar refractivity (Wildman–Crippen MR) is 65.4 cm³/mol. The molecule has 0 fully saturated rings. The minimum atomic E-state index is -0.693. The van der Waals surface area contributed by atoms with Gasteiger partial charge < -0.3 is 20.3 Å². The molecule has 0 saturated heterocycles. The van der Waals surface area contributed by atoms with Crippen LogP contribution in [0.4, 0.5) is 0 Å². The molecular weight excluding hydrogens is 206 g/mol. The van der Waals surface area contributed by atoms with Gasteiger partial charge in [0, 0.05) is 0 Å². The first-order chi connectivity index (χ1) is 7.01. The molecule has 0 spiro atoms. The Morgan fingerprint density at radius 1 is 0.938 bits per heavy atom. The van der Waals surface area contributed by atoms with Crippen molar-refractivity contribution in [2.24, 2.45) is 5.73 Å². The van der Waals surface area contributed by atoms with Gasteiger partial charge in [-0.1, -0.05) is 0 Å². The highest BCUT2D eigenvalue weighted by molar-refractivity contribution is 4.74. The first-order valence-corrected chi connectivity index (χ1v) is 5.73. The van der Waals surface area contributed by atoms with Gasteiger partial charge in [0.05, 0.1) is 36.6 Å². The van der Waals surface area contributed by atoms with Crippen LogP contribution < -0.4 is 5.73 Å². The van der Waals surface area contributed by atoms with Crippen molar-refractivity contribution in [3.05, 3.63) is 0 Å². The van der Waals surface area contributed by atoms with Crippen LogP contribution in [0.2, 0.25) is 0 Å². The fourth-order valence-corrected chi connectivity index (χ4v) is 0.916. The Morgan fingerprint density at radius 2 is 1.31 bits per heavy atom. The molecule has 4 heteroatoms. The largest absolute Gasteiger partial charge is 0.389 e. The minimum absolute atomic E-state index is 0.234. The van der Waals surface area contributed by atoms with Gasteiger partial charge >= 0.3 is 0 Å². The molecule has 98 valence electrons. The lowest BCUT2D eigenvalue weighted by Gasteiger charge is -2.27. The van der Waals surface area contributed by atoms with Crippen molar-refractivity contribution in [3.63, 3.8) is 0 Å². The summed E-state index contributed by atoms with van der Waals surface area (Å²) in [5.74, 6) is 0. The smallest absolute Gasteiger partial charge is 0.0946 e. The number of nitrogens with two attached hydrogens (primary N) is 1. The molecule has 16 heavy (non-hydrogen) atoms. The fraction of sp³-hybridized carbons (Fsp3) is 1.00. The summed E-state index contributed by atoms with van der Waals surface area (Å²) < 4.78 is 11.0. The van der Waals surface area contributed by atoms with E-state index < -0.39 is 12.1 Å². The summed E-state index contributed by atoms with van der Waals surface area (Å²) in [6.07, 6.45) is -0.693. The molecule has 0 bridgehead atoms. The maximum Gasteiger partial charge on any atom is 0.0946 e. The molecule has 3 N–H and O–H groups in total. The van der Waals surface area contributed by atoms with Gasteiger partial charge in [-0.3, -0.25) is 0 Å². The molecule has 0 rings (SSSR count). The van der Waals surface area contributed by atoms with Crippen LogP contribution in [0.5, 0.6) is 0 Å². The molecule has 0 aliphatic carbocycles. The van der Waals surface area contributed by atoms with Crippen LogP contribution in [0.15, 0.2) is 0 Å². The summed E-state index contributed by atoms with van der Waals surface area (Å²) in [7, 11) is 0. The number of ether oxygens (including phenoxy) is 2. The maximum atomic E-state index is 9.75. The second-order valence-electron chi connectivity index (χ2n) is 6.08. The van der Waals surface area contributed by atoms with Crippen molar-refractivity contribution >= 4 is 0 Å². The van der Waals surface area contributed by atoms with E-state index in [9.17, 15) is 5.11 Å². The summed E-state index contributed by atoms with van der Waals surface area (Å²) in [5, 5.41) is 9.75. The average Bonchev–Trinajstić information content (AvgIpc) is 2.07. The quantitative estimate of drug-likeness (QED) is 0.751. The van der Waals surface area contributed by atoms with Crippen molar-refractivity contribution in [1.82, 2.24) is 0 Å². The lowest BCUT2D eigenvalue weighted by molar-refractivity contribution is -0.0751. The topological polar surface area (TPSA) is 64.7 Å². The van der Waals surface area contributed by atoms with Crippen molar-refractivity contribution in [1.29, 1.82) is 0 Å². The molecule has 0 aromatic rings. The zero-order chi connectivity index (χ0) is 13.0. The molecule has 2 atom stereocenters. The number of aliphatic hydroxyl groups is 1. The standard InChI is InChI=1S/C12H27NO3/c1-11(2,3)15-7-9(13)10(14)8-16-12(4,5)6/h9-10,14H,7-8,13H2,1-6H3/t9-,10+/m1/s1. The van der Waals surface area contributed by atoms with E-state index in [1.54, 1.807) is 0 Å². The highest BCUT2D eigenvalue weighted by Crippen LogP contribution is 2.10. The van der Waals surface area contributed by atoms with E-state index >= 15 is 0 Å². The molecule has 0 aromatic carbocycles. The van der Waals surface area contributed by atoms with E-state index in [2.05, 4.69) is 0 Å². The molecule has 0 heterocycles. The highest BCUT2D eigenvalue weighted by Gasteiger charge is 2.21. The summed E-state index contributed by atoms with van der Waals surface area (Å²) in [5.41, 5.74) is 5.31. The van der Waals surface area contributed by atoms with E-state index in [1.165, 1.54) is 0 Å². The molecule has 0 amide bonds. The van der Waals surface area contributed by atoms with Gasteiger partial charge in [0.25, 0.3) is 0 Å². The zero-order valence-corrected chi connectivity index (χ0v) is 11.4. The molecular formula is C12H27NO3. The van der Waals surface area contributed by atoms with Gasteiger partial charge in [-0.15, -0.1) is 0 Å². The Kier molecular flexibility index (Phi) is 5.90. The Balaban J connectivity index is 3.86. The van der Waals surface area contributed by atoms with Gasteiger partial charge in [-0.25, -0.2) is 0 Å². The fourth-order valence-electron chi connectivity index (χ4n) is 0.916. The van der Waals surface area contributed by atoms with Gasteiger partial charge in [0.1, 0.15) is 0 Å². The van der Waals surface area contributed by atoms with E-state index in [0.717, 1.165) is 0 Å². The number of aliphatic hydroxyl groups excluding tert-OH is 1. The van der Waals surface area contributed by atoms with Crippen molar-refractivity contribution in [2.75, 3.05) is 13.2 Å². The Labute approximate surface area is 99.1 Å². The van der Waals surface area contributed by atoms with E-state index in [4.69, 9.17) is 15.2 Å². The van der Waals surface area contributed by atoms with Crippen molar-refractivity contribution in [2.45, 2.75) is 64.9 Å². The number of hydrogen-bond donors (Lipinski definition) is 2. The van der Waals surface area contributed by atoms with Crippen LogP contribution in [0, 0.1) is 0 Å². The van der Waals surface area contributed by atoms with Crippen LogP contribution in [0.25, 0.3) is 0 Å². The normalized spacial score (nSPS) is 17.2. The maximum absolute atomic E-state index is 9.75. The first kappa shape index (κ1) is 15.8. The van der Waals surface area contributed by atoms with E-state index in [0.29, 0.717) is 6.61 Å². The molecule has 0 radical (unpaired) electrons. The third-order valence-electron chi connectivity index (χ3n) is 1.89. The molecule has 0 aliphatic rings. The third kappa shape index (κ3) is 9.09. The zero-order valence-electron chi connectivity index (χ0n) is 11.4. The van der Waals surface area contributed by atoms with Gasteiger partial charge in [-0.05, 0) is 41.5 Å². The molecule has 0 unspecified atom stereocenters. The molecule has 0 aliphatic heterocycles. The lowest BCUT2D eigenvalue weighted by atomic mass is 10.1. The monoisotopic (exact) mass is 233 g/mol. The van der Waals surface area contributed by atoms with Crippen molar-refractivity contribution in [3.8, 4) is 0 Å². The lowest BCUT2D eigenvalue weighted by Crippen LogP contribution is -2.44. The Morgan fingerprint density at radius 3 is 1.69 bits per heavy atom. The van der Waals surface area contributed by atoms with Gasteiger partial charge in [0.15, 0.2) is 0 Å². The number of hydrogen-bond acceptors (Lipinski definition) is 4. The summed E-state index contributed by atoms with van der Waals surface area (Å²) >= 11 is 0.